The van der Waals surface area contributed by atoms with Crippen LogP contribution in [0.3, 0.4) is 0 Å². The zero-order valence-corrected chi connectivity index (χ0v) is 15.5. The van der Waals surface area contributed by atoms with Crippen LogP contribution in [0.1, 0.15) is 12.5 Å². The summed E-state index contributed by atoms with van der Waals surface area (Å²) in [5.74, 6) is 0.124. The van der Waals surface area contributed by atoms with Gasteiger partial charge in [-0.25, -0.2) is 0 Å². The van der Waals surface area contributed by atoms with Gasteiger partial charge in [-0.1, -0.05) is 42.5 Å². The van der Waals surface area contributed by atoms with E-state index in [2.05, 4.69) is 5.32 Å². The van der Waals surface area contributed by atoms with E-state index >= 15 is 0 Å². The van der Waals surface area contributed by atoms with Gasteiger partial charge in [0.1, 0.15) is 12.3 Å². The Hall–Kier alpha value is -3.61. The molecule has 7 heteroatoms. The molecule has 1 amide bonds. The lowest BCUT2D eigenvalue weighted by Crippen LogP contribution is -2.42. The number of carbonyl (C=O) groups is 1. The van der Waals surface area contributed by atoms with E-state index in [0.29, 0.717) is 24.6 Å². The highest BCUT2D eigenvalue weighted by Gasteiger charge is 2.11. The Balaban J connectivity index is 1.74. The fourth-order valence-electron chi connectivity index (χ4n) is 2.77. The summed E-state index contributed by atoms with van der Waals surface area (Å²) in [5, 5.41) is 2.71. The summed E-state index contributed by atoms with van der Waals surface area (Å²) in [7, 11) is 0. The second kappa shape index (κ2) is 8.85. The van der Waals surface area contributed by atoms with Gasteiger partial charge in [0, 0.05) is 12.4 Å². The molecule has 28 heavy (non-hydrogen) atoms. The number of carbonyl (C=O) groups excluding carboxylic acids is 1. The van der Waals surface area contributed by atoms with E-state index in [9.17, 15) is 14.4 Å². The minimum Gasteiger partial charge on any atom is -0.492 e. The molecule has 0 bridgehead atoms. The first-order valence-electron chi connectivity index (χ1n) is 8.94. The highest BCUT2D eigenvalue weighted by atomic mass is 16.5. The fourth-order valence-corrected chi connectivity index (χ4v) is 2.77. The summed E-state index contributed by atoms with van der Waals surface area (Å²) in [4.78, 5) is 37.1. The Bertz CT molecular complexity index is 1070. The number of rotatable bonds is 7. The summed E-state index contributed by atoms with van der Waals surface area (Å²) >= 11 is 0. The van der Waals surface area contributed by atoms with Gasteiger partial charge in [0.2, 0.25) is 5.91 Å². The molecule has 144 valence electrons. The number of amides is 1. The van der Waals surface area contributed by atoms with Crippen LogP contribution in [0, 0.1) is 0 Å². The summed E-state index contributed by atoms with van der Waals surface area (Å²) in [5.41, 5.74) is 0.00684. The molecule has 0 saturated carbocycles. The average Bonchev–Trinajstić information content (AvgIpc) is 2.70. The van der Waals surface area contributed by atoms with Gasteiger partial charge in [-0.3, -0.25) is 19.0 Å². The topological polar surface area (TPSA) is 82.3 Å². The van der Waals surface area contributed by atoms with Gasteiger partial charge in [0.25, 0.3) is 0 Å². The first kappa shape index (κ1) is 19.2. The van der Waals surface area contributed by atoms with Crippen LogP contribution in [0.4, 0.5) is 5.69 Å². The van der Waals surface area contributed by atoms with Crippen molar-refractivity contribution in [3.8, 4) is 5.75 Å². The minimum absolute atomic E-state index is 0.263. The van der Waals surface area contributed by atoms with Crippen LogP contribution in [0.15, 0.2) is 76.6 Å². The summed E-state index contributed by atoms with van der Waals surface area (Å²) in [6.45, 7) is 2.35. The summed E-state index contributed by atoms with van der Waals surface area (Å²) < 4.78 is 7.90. The number of aromatic nitrogens is 2. The third-order valence-electron chi connectivity index (χ3n) is 4.10. The Morgan fingerprint density at radius 3 is 2.32 bits per heavy atom. The number of hydrogen-bond acceptors (Lipinski definition) is 4. The molecule has 0 aliphatic carbocycles. The molecular formula is C21H21N3O4. The maximum absolute atomic E-state index is 12.4. The molecule has 0 fully saturated rings. The zero-order chi connectivity index (χ0) is 19.9. The smallest absolute Gasteiger partial charge is 0.316 e. The molecule has 1 aromatic heterocycles. The molecule has 0 aliphatic heterocycles. The van der Waals surface area contributed by atoms with E-state index in [0.717, 1.165) is 10.1 Å². The first-order valence-corrected chi connectivity index (χ1v) is 8.94. The van der Waals surface area contributed by atoms with Crippen LogP contribution in [0.2, 0.25) is 0 Å². The van der Waals surface area contributed by atoms with E-state index in [1.54, 1.807) is 24.3 Å². The second-order valence-electron chi connectivity index (χ2n) is 6.13. The molecule has 0 radical (unpaired) electrons. The fraction of sp³-hybridized carbons (Fsp3) is 0.190. The van der Waals surface area contributed by atoms with Crippen LogP contribution >= 0.6 is 0 Å². The predicted molar refractivity (Wildman–Crippen MR) is 107 cm³/mol. The highest BCUT2D eigenvalue weighted by Crippen LogP contribution is 2.23. The van der Waals surface area contributed by atoms with Crippen molar-refractivity contribution in [3.63, 3.8) is 0 Å². The molecule has 0 unspecified atom stereocenters. The van der Waals surface area contributed by atoms with Crippen LogP contribution < -0.4 is 21.2 Å². The number of para-hydroxylation sites is 2. The van der Waals surface area contributed by atoms with Crippen LogP contribution in [-0.2, 0) is 17.9 Å². The predicted octanol–water partition coefficient (Wildman–Crippen LogP) is 2.10. The maximum atomic E-state index is 12.4. The van der Waals surface area contributed by atoms with Crippen molar-refractivity contribution in [1.29, 1.82) is 0 Å². The van der Waals surface area contributed by atoms with E-state index in [-0.39, 0.29) is 6.54 Å². The Morgan fingerprint density at radius 2 is 1.57 bits per heavy atom. The first-order chi connectivity index (χ1) is 13.6. The third-order valence-corrected chi connectivity index (χ3v) is 4.10. The number of anilines is 1. The SMILES string of the molecule is CCOc1ccccc1NC(=O)Cn1ccn(Cc2ccccc2)c(=O)c1=O. The number of nitrogens with zero attached hydrogens (tertiary/aromatic N) is 2. The van der Waals surface area contributed by atoms with E-state index in [4.69, 9.17) is 4.74 Å². The van der Waals surface area contributed by atoms with Gasteiger partial charge in [-0.05, 0) is 24.6 Å². The maximum Gasteiger partial charge on any atom is 0.316 e. The molecule has 0 atom stereocenters. The van der Waals surface area contributed by atoms with Crippen LogP contribution in [-0.4, -0.2) is 21.6 Å². The number of benzene rings is 2. The van der Waals surface area contributed by atoms with Crippen molar-refractivity contribution >= 4 is 11.6 Å². The molecule has 1 heterocycles. The summed E-state index contributed by atoms with van der Waals surface area (Å²) in [6, 6.07) is 16.4. The largest absolute Gasteiger partial charge is 0.492 e. The number of ether oxygens (including phenoxy) is 1. The van der Waals surface area contributed by atoms with Crippen LogP contribution in [0.25, 0.3) is 0 Å². The molecule has 0 aliphatic rings. The van der Waals surface area contributed by atoms with Gasteiger partial charge in [-0.2, -0.15) is 0 Å². The Kier molecular flexibility index (Phi) is 6.06. The van der Waals surface area contributed by atoms with Gasteiger partial charge >= 0.3 is 11.1 Å². The Labute approximate surface area is 161 Å². The minimum atomic E-state index is -0.744. The quantitative estimate of drug-likeness (QED) is 0.638. The van der Waals surface area contributed by atoms with Gasteiger partial charge < -0.3 is 14.6 Å². The molecular weight excluding hydrogens is 358 g/mol. The lowest BCUT2D eigenvalue weighted by atomic mass is 10.2. The van der Waals surface area contributed by atoms with Gasteiger partial charge in [-0.15, -0.1) is 0 Å². The van der Waals surface area contributed by atoms with Gasteiger partial charge in [0.15, 0.2) is 0 Å². The monoisotopic (exact) mass is 379 g/mol. The molecule has 0 spiro atoms. The van der Waals surface area contributed by atoms with E-state index < -0.39 is 17.0 Å². The molecule has 1 N–H and O–H groups in total. The standard InChI is InChI=1S/C21H21N3O4/c1-2-28-18-11-7-6-10-17(18)22-19(25)15-24-13-12-23(20(26)21(24)27)14-16-8-4-3-5-9-16/h3-13H,2,14-15H2,1H3,(H,22,25). The van der Waals surface area contributed by atoms with Gasteiger partial charge in [0.05, 0.1) is 18.8 Å². The van der Waals surface area contributed by atoms with Crippen molar-refractivity contribution in [3.05, 3.63) is 93.3 Å². The van der Waals surface area contributed by atoms with Crippen molar-refractivity contribution < 1.29 is 9.53 Å². The highest BCUT2D eigenvalue weighted by molar-refractivity contribution is 5.92. The lowest BCUT2D eigenvalue weighted by Gasteiger charge is -2.12. The molecule has 3 aromatic rings. The summed E-state index contributed by atoms with van der Waals surface area (Å²) in [6.07, 6.45) is 2.96. The zero-order valence-electron chi connectivity index (χ0n) is 15.5. The molecule has 7 nitrogen and oxygen atoms in total. The van der Waals surface area contributed by atoms with Crippen molar-refractivity contribution in [1.82, 2.24) is 9.13 Å². The molecule has 3 rings (SSSR count). The van der Waals surface area contributed by atoms with Crippen molar-refractivity contribution in [2.75, 3.05) is 11.9 Å². The number of hydrogen-bond donors (Lipinski definition) is 1. The Morgan fingerprint density at radius 1 is 0.929 bits per heavy atom. The number of nitrogens with one attached hydrogen (secondary N) is 1. The lowest BCUT2D eigenvalue weighted by molar-refractivity contribution is -0.116. The van der Waals surface area contributed by atoms with Crippen molar-refractivity contribution in [2.24, 2.45) is 0 Å². The average molecular weight is 379 g/mol. The molecule has 0 saturated heterocycles. The van der Waals surface area contributed by atoms with E-state index in [1.165, 1.54) is 17.0 Å². The third kappa shape index (κ3) is 4.56. The normalized spacial score (nSPS) is 10.5. The second-order valence-corrected chi connectivity index (χ2v) is 6.13. The molecule has 2 aromatic carbocycles. The van der Waals surface area contributed by atoms with E-state index in [1.807, 2.05) is 37.3 Å². The van der Waals surface area contributed by atoms with Crippen LogP contribution in [0.5, 0.6) is 5.75 Å². The van der Waals surface area contributed by atoms with Crippen molar-refractivity contribution in [2.45, 2.75) is 20.0 Å².